The highest BCUT2D eigenvalue weighted by molar-refractivity contribution is 9.10. The summed E-state index contributed by atoms with van der Waals surface area (Å²) in [6.45, 7) is 0. The van der Waals surface area contributed by atoms with Crippen LogP contribution in [0.2, 0.25) is 0 Å². The Bertz CT molecular complexity index is 542. The van der Waals surface area contributed by atoms with E-state index in [2.05, 4.69) is 26.1 Å². The van der Waals surface area contributed by atoms with Crippen molar-refractivity contribution in [2.45, 2.75) is 25.2 Å². The quantitative estimate of drug-likeness (QED) is 0.836. The molecule has 1 heterocycles. The SMILES string of the molecule is Cn1cnnc1C(CCC(F)F)c1cccc(Br)c1. The van der Waals surface area contributed by atoms with Crippen LogP contribution in [-0.4, -0.2) is 21.2 Å². The van der Waals surface area contributed by atoms with Crippen LogP contribution in [0.3, 0.4) is 0 Å². The average molecular weight is 330 g/mol. The second-order valence-electron chi connectivity index (χ2n) is 4.38. The van der Waals surface area contributed by atoms with Gasteiger partial charge in [-0.2, -0.15) is 0 Å². The highest BCUT2D eigenvalue weighted by Gasteiger charge is 2.21. The standard InChI is InChI=1S/C13H14BrF2N3/c1-19-8-17-18-13(19)11(5-6-12(15)16)9-3-2-4-10(14)7-9/h2-4,7-8,11-12H,5-6H2,1H3. The molecule has 2 aromatic rings. The maximum absolute atomic E-state index is 12.5. The lowest BCUT2D eigenvalue weighted by Crippen LogP contribution is -2.09. The molecule has 0 saturated heterocycles. The molecule has 0 amide bonds. The Labute approximate surface area is 118 Å². The molecule has 2 rings (SSSR count). The third kappa shape index (κ3) is 3.59. The van der Waals surface area contributed by atoms with Gasteiger partial charge in [0.25, 0.3) is 0 Å². The molecule has 0 spiro atoms. The minimum absolute atomic E-state index is 0.149. The van der Waals surface area contributed by atoms with E-state index in [1.54, 1.807) is 10.9 Å². The van der Waals surface area contributed by atoms with Crippen molar-refractivity contribution < 1.29 is 8.78 Å². The molecule has 0 radical (unpaired) electrons. The number of nitrogens with zero attached hydrogens (tertiary/aromatic N) is 3. The molecule has 1 aromatic carbocycles. The van der Waals surface area contributed by atoms with Gasteiger partial charge in [-0.15, -0.1) is 10.2 Å². The average Bonchev–Trinajstić information content (AvgIpc) is 2.76. The van der Waals surface area contributed by atoms with Gasteiger partial charge < -0.3 is 4.57 Å². The van der Waals surface area contributed by atoms with Crippen LogP contribution in [0.4, 0.5) is 8.78 Å². The van der Waals surface area contributed by atoms with Crippen molar-refractivity contribution in [1.29, 1.82) is 0 Å². The second kappa shape index (κ2) is 6.23. The molecule has 3 nitrogen and oxygen atoms in total. The second-order valence-corrected chi connectivity index (χ2v) is 5.29. The maximum Gasteiger partial charge on any atom is 0.238 e. The molecule has 0 aliphatic carbocycles. The van der Waals surface area contributed by atoms with E-state index in [0.717, 1.165) is 10.0 Å². The van der Waals surface area contributed by atoms with E-state index in [-0.39, 0.29) is 12.3 Å². The summed E-state index contributed by atoms with van der Waals surface area (Å²) in [4.78, 5) is 0. The van der Waals surface area contributed by atoms with E-state index in [1.807, 2.05) is 31.3 Å². The molecule has 1 atom stereocenters. The molecular weight excluding hydrogens is 316 g/mol. The number of hydrogen-bond donors (Lipinski definition) is 0. The summed E-state index contributed by atoms with van der Waals surface area (Å²) in [5.41, 5.74) is 0.964. The zero-order valence-corrected chi connectivity index (χ0v) is 12.0. The summed E-state index contributed by atoms with van der Waals surface area (Å²) in [6.07, 6.45) is -0.518. The van der Waals surface area contributed by atoms with Crippen molar-refractivity contribution in [3.05, 3.63) is 46.5 Å². The highest BCUT2D eigenvalue weighted by atomic mass is 79.9. The summed E-state index contributed by atoms with van der Waals surface area (Å²) in [6, 6.07) is 7.66. The predicted molar refractivity (Wildman–Crippen MR) is 72.2 cm³/mol. The van der Waals surface area contributed by atoms with Crippen molar-refractivity contribution in [2.24, 2.45) is 7.05 Å². The Morgan fingerprint density at radius 3 is 2.68 bits per heavy atom. The lowest BCUT2D eigenvalue weighted by Gasteiger charge is -2.16. The van der Waals surface area contributed by atoms with Gasteiger partial charge in [0, 0.05) is 23.9 Å². The lowest BCUT2D eigenvalue weighted by atomic mass is 9.93. The lowest BCUT2D eigenvalue weighted by molar-refractivity contribution is 0.133. The van der Waals surface area contributed by atoms with Crippen LogP contribution in [0, 0.1) is 0 Å². The van der Waals surface area contributed by atoms with Crippen molar-refractivity contribution >= 4 is 15.9 Å². The van der Waals surface area contributed by atoms with Crippen molar-refractivity contribution in [3.8, 4) is 0 Å². The summed E-state index contributed by atoms with van der Waals surface area (Å²) in [5.74, 6) is 0.540. The Morgan fingerprint density at radius 1 is 1.32 bits per heavy atom. The third-order valence-corrected chi connectivity index (χ3v) is 3.48. The van der Waals surface area contributed by atoms with E-state index in [9.17, 15) is 8.78 Å². The van der Waals surface area contributed by atoms with Gasteiger partial charge in [-0.1, -0.05) is 28.1 Å². The monoisotopic (exact) mass is 329 g/mol. The van der Waals surface area contributed by atoms with Gasteiger partial charge >= 0.3 is 0 Å². The minimum Gasteiger partial charge on any atom is -0.320 e. The van der Waals surface area contributed by atoms with Gasteiger partial charge in [0.1, 0.15) is 12.2 Å². The van der Waals surface area contributed by atoms with E-state index >= 15 is 0 Å². The number of benzene rings is 1. The van der Waals surface area contributed by atoms with E-state index < -0.39 is 6.43 Å². The van der Waals surface area contributed by atoms with Crippen LogP contribution in [0.25, 0.3) is 0 Å². The molecule has 1 unspecified atom stereocenters. The van der Waals surface area contributed by atoms with Gasteiger partial charge in [-0.25, -0.2) is 8.78 Å². The van der Waals surface area contributed by atoms with E-state index in [0.29, 0.717) is 12.2 Å². The Hall–Kier alpha value is -1.30. The first-order chi connectivity index (χ1) is 9.08. The summed E-state index contributed by atoms with van der Waals surface area (Å²) >= 11 is 3.40. The summed E-state index contributed by atoms with van der Waals surface area (Å²) in [7, 11) is 1.82. The van der Waals surface area contributed by atoms with E-state index in [4.69, 9.17) is 0 Å². The normalized spacial score (nSPS) is 12.9. The zero-order valence-electron chi connectivity index (χ0n) is 10.4. The number of hydrogen-bond acceptors (Lipinski definition) is 2. The molecule has 102 valence electrons. The Balaban J connectivity index is 2.31. The maximum atomic E-state index is 12.5. The summed E-state index contributed by atoms with van der Waals surface area (Å²) < 4.78 is 27.7. The fourth-order valence-corrected chi connectivity index (χ4v) is 2.49. The minimum atomic E-state index is -2.30. The van der Waals surface area contributed by atoms with Crippen molar-refractivity contribution in [1.82, 2.24) is 14.8 Å². The highest BCUT2D eigenvalue weighted by Crippen LogP contribution is 2.30. The van der Waals surface area contributed by atoms with Crippen LogP contribution in [0.1, 0.15) is 30.1 Å². The van der Waals surface area contributed by atoms with Crippen LogP contribution in [0.5, 0.6) is 0 Å². The van der Waals surface area contributed by atoms with E-state index in [1.165, 1.54) is 0 Å². The number of aryl methyl sites for hydroxylation is 1. The topological polar surface area (TPSA) is 30.7 Å². The third-order valence-electron chi connectivity index (χ3n) is 2.98. The van der Waals surface area contributed by atoms with Crippen LogP contribution in [-0.2, 0) is 7.05 Å². The Kier molecular flexibility index (Phi) is 4.63. The van der Waals surface area contributed by atoms with Crippen molar-refractivity contribution in [2.75, 3.05) is 0 Å². The largest absolute Gasteiger partial charge is 0.320 e. The molecule has 6 heteroatoms. The van der Waals surface area contributed by atoms with Crippen LogP contribution < -0.4 is 0 Å². The summed E-state index contributed by atoms with van der Waals surface area (Å²) in [5, 5.41) is 7.88. The van der Waals surface area contributed by atoms with Gasteiger partial charge in [-0.05, 0) is 24.1 Å². The molecule has 0 bridgehead atoms. The smallest absolute Gasteiger partial charge is 0.238 e. The molecule has 1 aromatic heterocycles. The molecule has 0 saturated carbocycles. The van der Waals surface area contributed by atoms with Gasteiger partial charge in [-0.3, -0.25) is 0 Å². The molecular formula is C13H14BrF2N3. The predicted octanol–water partition coefficient (Wildman–Crippen LogP) is 3.75. The molecule has 0 fully saturated rings. The van der Waals surface area contributed by atoms with Gasteiger partial charge in [0.2, 0.25) is 6.43 Å². The molecule has 19 heavy (non-hydrogen) atoms. The van der Waals surface area contributed by atoms with Crippen molar-refractivity contribution in [3.63, 3.8) is 0 Å². The van der Waals surface area contributed by atoms with Gasteiger partial charge in [0.05, 0.1) is 0 Å². The zero-order chi connectivity index (χ0) is 13.8. The molecule has 0 N–H and O–H groups in total. The number of rotatable bonds is 5. The van der Waals surface area contributed by atoms with Crippen LogP contribution in [0.15, 0.2) is 35.1 Å². The fourth-order valence-electron chi connectivity index (χ4n) is 2.07. The van der Waals surface area contributed by atoms with Crippen LogP contribution >= 0.6 is 15.9 Å². The number of halogens is 3. The number of aromatic nitrogens is 3. The molecule has 0 aliphatic rings. The fraction of sp³-hybridized carbons (Fsp3) is 0.385. The number of alkyl halides is 2. The molecule has 0 aliphatic heterocycles. The van der Waals surface area contributed by atoms with Gasteiger partial charge in [0.15, 0.2) is 0 Å². The first kappa shape index (κ1) is 14.1. The first-order valence-electron chi connectivity index (χ1n) is 5.95. The Morgan fingerprint density at radius 2 is 2.11 bits per heavy atom. The first-order valence-corrected chi connectivity index (χ1v) is 6.74.